The Kier molecular flexibility index (Phi) is 11.8. The van der Waals surface area contributed by atoms with Gasteiger partial charge in [0.05, 0.1) is 23.9 Å². The molecule has 0 aliphatic rings. The van der Waals surface area contributed by atoms with E-state index in [2.05, 4.69) is 22.5 Å². The van der Waals surface area contributed by atoms with E-state index >= 15 is 0 Å². The predicted molar refractivity (Wildman–Crippen MR) is 124 cm³/mol. The lowest BCUT2D eigenvalue weighted by Gasteiger charge is -2.12. The molecular weight excluding hydrogens is 473 g/mol. The first-order valence-corrected chi connectivity index (χ1v) is 10.2. The van der Waals surface area contributed by atoms with Gasteiger partial charge in [-0.3, -0.25) is 9.20 Å². The van der Waals surface area contributed by atoms with E-state index in [-0.39, 0.29) is 24.0 Å². The van der Waals surface area contributed by atoms with E-state index in [0.717, 1.165) is 17.2 Å². The van der Waals surface area contributed by atoms with Gasteiger partial charge in [0.2, 0.25) is 0 Å². The molecule has 5 nitrogen and oxygen atoms in total. The van der Waals surface area contributed by atoms with Gasteiger partial charge in [0, 0.05) is 17.2 Å². The first kappa shape index (κ1) is 23.4. The van der Waals surface area contributed by atoms with Crippen LogP contribution in [0.1, 0.15) is 12.5 Å². The van der Waals surface area contributed by atoms with Crippen molar-refractivity contribution >= 4 is 40.7 Å². The number of nitrogens with one attached hydrogen (secondary N) is 2. The molecule has 0 saturated carbocycles. The second kappa shape index (κ2) is 13.5. The Bertz CT molecular complexity index is 709. The summed E-state index contributed by atoms with van der Waals surface area (Å²) < 4.78 is 17.9. The van der Waals surface area contributed by atoms with Crippen LogP contribution in [0.15, 0.2) is 64.5 Å². The van der Waals surface area contributed by atoms with Gasteiger partial charge in [0.1, 0.15) is 12.4 Å². The summed E-state index contributed by atoms with van der Waals surface area (Å²) in [6.07, 6.45) is 0. The summed E-state index contributed by atoms with van der Waals surface area (Å²) in [5.41, 5.74) is 1.21. The van der Waals surface area contributed by atoms with Crippen molar-refractivity contribution in [2.45, 2.75) is 18.7 Å². The molecule has 27 heavy (non-hydrogen) atoms. The van der Waals surface area contributed by atoms with E-state index in [1.54, 1.807) is 0 Å². The molecule has 0 fully saturated rings. The highest BCUT2D eigenvalue weighted by Crippen LogP contribution is 2.10. The zero-order valence-electron chi connectivity index (χ0n) is 15.8. The van der Waals surface area contributed by atoms with Gasteiger partial charge in [0.15, 0.2) is 5.96 Å². The molecular formula is C20H28IN3O2S. The Morgan fingerprint density at radius 2 is 1.78 bits per heavy atom. The second-order valence-corrected chi connectivity index (χ2v) is 7.28. The maximum Gasteiger partial charge on any atom is 0.191 e. The number of rotatable bonds is 9. The lowest BCUT2D eigenvalue weighted by molar-refractivity contribution is 0.322. The van der Waals surface area contributed by atoms with Crippen molar-refractivity contribution in [3.05, 3.63) is 60.2 Å². The van der Waals surface area contributed by atoms with Gasteiger partial charge >= 0.3 is 0 Å². The minimum Gasteiger partial charge on any atom is -0.492 e. The number of aliphatic imine (C=N–C) groups is 1. The number of hydrogen-bond acceptors (Lipinski definition) is 3. The van der Waals surface area contributed by atoms with Crippen LogP contribution in [0.3, 0.4) is 0 Å². The van der Waals surface area contributed by atoms with Gasteiger partial charge in [-0.15, -0.1) is 24.0 Å². The van der Waals surface area contributed by atoms with Crippen LogP contribution in [-0.4, -0.2) is 42.2 Å². The standard InChI is InChI=1S/C20H27N3O2S.HI/c1-3-21-20(22-13-15-25-18-11-9-17(2)10-12-18)23-14-16-26(24)19-7-5-4-6-8-19;/h4-12H,3,13-16H2,1-2H3,(H2,21,22,23);1H. The lowest BCUT2D eigenvalue weighted by Crippen LogP contribution is -2.39. The molecule has 2 aromatic rings. The van der Waals surface area contributed by atoms with Gasteiger partial charge in [-0.1, -0.05) is 35.9 Å². The quantitative estimate of drug-likeness (QED) is 0.240. The number of aryl methyl sites for hydroxylation is 1. The van der Waals surface area contributed by atoms with E-state index < -0.39 is 10.8 Å². The molecule has 1 atom stereocenters. The van der Waals surface area contributed by atoms with Crippen LogP contribution in [0.25, 0.3) is 0 Å². The van der Waals surface area contributed by atoms with Crippen molar-refractivity contribution in [1.29, 1.82) is 0 Å². The smallest absolute Gasteiger partial charge is 0.191 e. The summed E-state index contributed by atoms with van der Waals surface area (Å²) in [7, 11) is -1.03. The summed E-state index contributed by atoms with van der Waals surface area (Å²) in [6, 6.07) is 17.5. The van der Waals surface area contributed by atoms with Gasteiger partial charge in [-0.2, -0.15) is 0 Å². The Labute approximate surface area is 181 Å². The highest BCUT2D eigenvalue weighted by Gasteiger charge is 2.03. The van der Waals surface area contributed by atoms with Crippen LogP contribution in [0.2, 0.25) is 0 Å². The maximum atomic E-state index is 12.2. The molecule has 0 amide bonds. The number of ether oxygens (including phenoxy) is 1. The molecule has 2 aromatic carbocycles. The first-order chi connectivity index (χ1) is 12.7. The molecule has 7 heteroatoms. The first-order valence-electron chi connectivity index (χ1n) is 8.84. The van der Waals surface area contributed by atoms with Crippen LogP contribution in [-0.2, 0) is 10.8 Å². The van der Waals surface area contributed by atoms with E-state index in [0.29, 0.717) is 31.4 Å². The van der Waals surface area contributed by atoms with E-state index in [1.165, 1.54) is 5.56 Å². The largest absolute Gasteiger partial charge is 0.492 e. The van der Waals surface area contributed by atoms with E-state index in [4.69, 9.17) is 4.74 Å². The van der Waals surface area contributed by atoms with Crippen molar-refractivity contribution in [1.82, 2.24) is 10.6 Å². The van der Waals surface area contributed by atoms with Crippen molar-refractivity contribution < 1.29 is 8.95 Å². The van der Waals surface area contributed by atoms with Crippen molar-refractivity contribution in [2.24, 2.45) is 4.99 Å². The molecule has 0 heterocycles. The molecule has 0 aliphatic carbocycles. The monoisotopic (exact) mass is 501 g/mol. The van der Waals surface area contributed by atoms with Crippen molar-refractivity contribution in [3.63, 3.8) is 0 Å². The minimum absolute atomic E-state index is 0. The van der Waals surface area contributed by atoms with E-state index in [9.17, 15) is 4.21 Å². The third kappa shape index (κ3) is 9.23. The minimum atomic E-state index is -1.03. The average molecular weight is 501 g/mol. The molecule has 0 radical (unpaired) electrons. The third-order valence-corrected chi connectivity index (χ3v) is 4.93. The predicted octanol–water partition coefficient (Wildman–Crippen LogP) is 3.35. The Balaban J connectivity index is 0.00000364. The number of nitrogens with zero attached hydrogens (tertiary/aromatic N) is 1. The zero-order chi connectivity index (χ0) is 18.6. The SMILES string of the molecule is CCNC(=NCCS(=O)c1ccccc1)NCCOc1ccc(C)cc1.I. The second-order valence-electron chi connectivity index (χ2n) is 5.71. The Morgan fingerprint density at radius 1 is 1.07 bits per heavy atom. The molecule has 148 valence electrons. The molecule has 2 rings (SSSR count). The Morgan fingerprint density at radius 3 is 2.44 bits per heavy atom. The highest BCUT2D eigenvalue weighted by molar-refractivity contribution is 14.0. The van der Waals surface area contributed by atoms with Gasteiger partial charge in [0.25, 0.3) is 0 Å². The molecule has 0 aliphatic heterocycles. The summed E-state index contributed by atoms with van der Waals surface area (Å²) in [4.78, 5) is 5.32. The topological polar surface area (TPSA) is 62.7 Å². The van der Waals surface area contributed by atoms with Crippen molar-refractivity contribution in [3.8, 4) is 5.75 Å². The van der Waals surface area contributed by atoms with Crippen LogP contribution in [0, 0.1) is 6.92 Å². The third-order valence-electron chi connectivity index (χ3n) is 3.58. The van der Waals surface area contributed by atoms with E-state index in [1.807, 2.05) is 61.5 Å². The van der Waals surface area contributed by atoms with Crippen molar-refractivity contribution in [2.75, 3.05) is 32.0 Å². The molecule has 0 saturated heterocycles. The van der Waals surface area contributed by atoms with Crippen LogP contribution < -0.4 is 15.4 Å². The number of guanidine groups is 1. The number of hydrogen-bond donors (Lipinski definition) is 2. The van der Waals surface area contributed by atoms with Gasteiger partial charge in [-0.25, -0.2) is 0 Å². The molecule has 1 unspecified atom stereocenters. The van der Waals surface area contributed by atoms with Crippen LogP contribution >= 0.6 is 24.0 Å². The fourth-order valence-corrected chi connectivity index (χ4v) is 3.20. The number of benzene rings is 2. The zero-order valence-corrected chi connectivity index (χ0v) is 19.0. The summed E-state index contributed by atoms with van der Waals surface area (Å²) in [5.74, 6) is 2.07. The van der Waals surface area contributed by atoms with Gasteiger partial charge in [-0.05, 0) is 38.1 Å². The molecule has 0 spiro atoms. The fourth-order valence-electron chi connectivity index (χ4n) is 2.25. The lowest BCUT2D eigenvalue weighted by atomic mass is 10.2. The summed E-state index contributed by atoms with van der Waals surface area (Å²) in [6.45, 7) is 6.52. The molecule has 2 N–H and O–H groups in total. The fraction of sp³-hybridized carbons (Fsp3) is 0.350. The highest BCUT2D eigenvalue weighted by atomic mass is 127. The number of halogens is 1. The summed E-state index contributed by atoms with van der Waals surface area (Å²) >= 11 is 0. The Hall–Kier alpha value is -1.61. The van der Waals surface area contributed by atoms with Gasteiger partial charge < -0.3 is 15.4 Å². The molecule has 0 bridgehead atoms. The maximum absolute atomic E-state index is 12.2. The average Bonchev–Trinajstić information content (AvgIpc) is 2.67. The normalized spacial score (nSPS) is 12.0. The van der Waals surface area contributed by atoms with Crippen LogP contribution in [0.5, 0.6) is 5.75 Å². The van der Waals surface area contributed by atoms with Crippen LogP contribution in [0.4, 0.5) is 0 Å². The molecule has 0 aromatic heterocycles. The summed E-state index contributed by atoms with van der Waals surface area (Å²) in [5, 5.41) is 6.42.